The minimum Gasteiger partial charge on any atom is -0.478 e. The molecule has 2 amide bonds. The molecule has 0 atom stereocenters. The highest BCUT2D eigenvalue weighted by atomic mass is 16.5. The fourth-order valence-corrected chi connectivity index (χ4v) is 3.19. The van der Waals surface area contributed by atoms with Gasteiger partial charge in [-0.3, -0.25) is 0 Å². The van der Waals surface area contributed by atoms with Crippen LogP contribution in [0.2, 0.25) is 0 Å². The molecule has 0 bridgehead atoms. The third-order valence-corrected chi connectivity index (χ3v) is 4.82. The molecule has 1 aliphatic heterocycles. The van der Waals surface area contributed by atoms with E-state index in [1.165, 1.54) is 24.3 Å². The molecule has 0 aliphatic carbocycles. The number of amides is 2. The SMILES string of the molecule is Cc1nc(-c2ccc(NC(=O)Nc3ccc(C(=O)O)cc3)cc2)nc(N2CCOCC2)n1. The Hall–Kier alpha value is -4.05. The molecular formula is C22H22N6O4. The summed E-state index contributed by atoms with van der Waals surface area (Å²) in [7, 11) is 0. The van der Waals surface area contributed by atoms with E-state index in [9.17, 15) is 9.59 Å². The van der Waals surface area contributed by atoms with Crippen molar-refractivity contribution in [2.24, 2.45) is 0 Å². The lowest BCUT2D eigenvalue weighted by atomic mass is 10.2. The van der Waals surface area contributed by atoms with Crippen molar-refractivity contribution in [3.63, 3.8) is 0 Å². The van der Waals surface area contributed by atoms with Crippen molar-refractivity contribution >= 4 is 29.3 Å². The summed E-state index contributed by atoms with van der Waals surface area (Å²) in [6.45, 7) is 4.59. The standard InChI is InChI=1S/C22H22N6O4/c1-14-23-19(27-21(24-14)28-10-12-32-13-11-28)15-2-6-17(7-3-15)25-22(31)26-18-8-4-16(5-9-18)20(29)30/h2-9H,10-13H2,1H3,(H,29,30)(H2,25,26,31). The Bertz CT molecular complexity index is 1110. The van der Waals surface area contributed by atoms with Crippen molar-refractivity contribution in [1.29, 1.82) is 0 Å². The van der Waals surface area contributed by atoms with Gasteiger partial charge in [-0.15, -0.1) is 0 Å². The summed E-state index contributed by atoms with van der Waals surface area (Å²) in [5.41, 5.74) is 2.03. The summed E-state index contributed by atoms with van der Waals surface area (Å²) in [5.74, 6) is 0.804. The number of aryl methyl sites for hydroxylation is 1. The zero-order chi connectivity index (χ0) is 22.5. The second-order valence-electron chi connectivity index (χ2n) is 7.14. The first kappa shape index (κ1) is 21.2. The van der Waals surface area contributed by atoms with Gasteiger partial charge in [0.05, 0.1) is 18.8 Å². The van der Waals surface area contributed by atoms with E-state index >= 15 is 0 Å². The van der Waals surface area contributed by atoms with E-state index in [0.717, 1.165) is 18.7 Å². The molecule has 3 aromatic rings. The number of ether oxygens (including phenoxy) is 1. The molecule has 164 valence electrons. The normalized spacial score (nSPS) is 13.5. The molecule has 10 heteroatoms. The molecule has 0 saturated carbocycles. The number of hydrogen-bond acceptors (Lipinski definition) is 7. The number of aromatic nitrogens is 3. The molecule has 3 N–H and O–H groups in total. The van der Waals surface area contributed by atoms with Gasteiger partial charge in [-0.05, 0) is 55.5 Å². The Balaban J connectivity index is 1.42. The highest BCUT2D eigenvalue weighted by Gasteiger charge is 2.16. The molecule has 0 unspecified atom stereocenters. The summed E-state index contributed by atoms with van der Waals surface area (Å²) in [6, 6.07) is 12.6. The monoisotopic (exact) mass is 434 g/mol. The van der Waals surface area contributed by atoms with E-state index < -0.39 is 12.0 Å². The fourth-order valence-electron chi connectivity index (χ4n) is 3.19. The summed E-state index contributed by atoms with van der Waals surface area (Å²) >= 11 is 0. The largest absolute Gasteiger partial charge is 0.478 e. The van der Waals surface area contributed by atoms with E-state index in [1.54, 1.807) is 12.1 Å². The van der Waals surface area contributed by atoms with E-state index in [1.807, 2.05) is 19.1 Å². The Morgan fingerprint density at radius 3 is 2.09 bits per heavy atom. The Morgan fingerprint density at radius 2 is 1.50 bits per heavy atom. The maximum atomic E-state index is 12.2. The molecule has 1 aromatic heterocycles. The van der Waals surface area contributed by atoms with Crippen molar-refractivity contribution in [2.45, 2.75) is 6.92 Å². The van der Waals surface area contributed by atoms with Crippen LogP contribution in [0.1, 0.15) is 16.2 Å². The molecule has 0 spiro atoms. The van der Waals surface area contributed by atoms with E-state index in [4.69, 9.17) is 9.84 Å². The lowest BCUT2D eigenvalue weighted by Crippen LogP contribution is -2.37. The van der Waals surface area contributed by atoms with Crippen molar-refractivity contribution in [1.82, 2.24) is 15.0 Å². The first-order chi connectivity index (χ1) is 15.5. The molecule has 10 nitrogen and oxygen atoms in total. The number of aromatic carboxylic acids is 1. The molecule has 0 radical (unpaired) electrons. The number of rotatable bonds is 5. The van der Waals surface area contributed by atoms with Crippen LogP contribution in [0.3, 0.4) is 0 Å². The number of anilines is 3. The molecular weight excluding hydrogens is 412 g/mol. The van der Waals surface area contributed by atoms with Crippen LogP contribution in [0.5, 0.6) is 0 Å². The lowest BCUT2D eigenvalue weighted by Gasteiger charge is -2.27. The van der Waals surface area contributed by atoms with Gasteiger partial charge in [0.2, 0.25) is 5.95 Å². The Morgan fingerprint density at radius 1 is 0.906 bits per heavy atom. The first-order valence-corrected chi connectivity index (χ1v) is 10.0. The second kappa shape index (κ2) is 9.40. The zero-order valence-corrected chi connectivity index (χ0v) is 17.4. The van der Waals surface area contributed by atoms with Gasteiger partial charge in [0.25, 0.3) is 0 Å². The zero-order valence-electron chi connectivity index (χ0n) is 17.4. The molecule has 32 heavy (non-hydrogen) atoms. The number of benzene rings is 2. The van der Waals surface area contributed by atoms with Crippen LogP contribution in [0, 0.1) is 6.92 Å². The topological polar surface area (TPSA) is 130 Å². The number of hydrogen-bond donors (Lipinski definition) is 3. The molecule has 1 fully saturated rings. The summed E-state index contributed by atoms with van der Waals surface area (Å²) in [5, 5.41) is 14.3. The van der Waals surface area contributed by atoms with Crippen LogP contribution in [0.15, 0.2) is 48.5 Å². The smallest absolute Gasteiger partial charge is 0.335 e. The van der Waals surface area contributed by atoms with Crippen molar-refractivity contribution < 1.29 is 19.4 Å². The number of carbonyl (C=O) groups is 2. The molecule has 2 heterocycles. The average Bonchev–Trinajstić information content (AvgIpc) is 2.80. The quantitative estimate of drug-likeness (QED) is 0.559. The summed E-state index contributed by atoms with van der Waals surface area (Å²) in [6.07, 6.45) is 0. The van der Waals surface area contributed by atoms with Crippen molar-refractivity contribution in [2.75, 3.05) is 41.8 Å². The number of carbonyl (C=O) groups excluding carboxylic acids is 1. The van der Waals surface area contributed by atoms with E-state index in [-0.39, 0.29) is 5.56 Å². The highest BCUT2D eigenvalue weighted by molar-refractivity contribution is 6.00. The number of urea groups is 1. The van der Waals surface area contributed by atoms with Crippen LogP contribution in [-0.2, 0) is 4.74 Å². The summed E-state index contributed by atoms with van der Waals surface area (Å²) in [4.78, 5) is 38.7. The van der Waals surface area contributed by atoms with Gasteiger partial charge in [0.1, 0.15) is 5.82 Å². The predicted octanol–water partition coefficient (Wildman–Crippen LogP) is 3.03. The average molecular weight is 434 g/mol. The van der Waals surface area contributed by atoms with E-state index in [0.29, 0.717) is 42.2 Å². The Labute approximate surface area is 184 Å². The van der Waals surface area contributed by atoms with E-state index in [2.05, 4.69) is 30.5 Å². The number of nitrogens with one attached hydrogen (secondary N) is 2. The van der Waals surface area contributed by atoms with Crippen LogP contribution in [0.25, 0.3) is 11.4 Å². The molecule has 4 rings (SSSR count). The third-order valence-electron chi connectivity index (χ3n) is 4.82. The van der Waals surface area contributed by atoms with Crippen LogP contribution in [-0.4, -0.2) is 58.4 Å². The number of carboxylic acid groups (broad SMARTS) is 1. The van der Waals surface area contributed by atoms with Gasteiger partial charge in [-0.25, -0.2) is 14.6 Å². The third kappa shape index (κ3) is 5.16. The van der Waals surface area contributed by atoms with Crippen molar-refractivity contribution in [3.8, 4) is 11.4 Å². The summed E-state index contributed by atoms with van der Waals surface area (Å²) < 4.78 is 5.39. The maximum absolute atomic E-state index is 12.2. The second-order valence-corrected chi connectivity index (χ2v) is 7.14. The van der Waals surface area contributed by atoms with Crippen molar-refractivity contribution in [3.05, 3.63) is 59.9 Å². The number of morpholine rings is 1. The molecule has 1 saturated heterocycles. The van der Waals surface area contributed by atoms with Crippen LogP contribution < -0.4 is 15.5 Å². The van der Waals surface area contributed by atoms with Gasteiger partial charge in [0.15, 0.2) is 5.82 Å². The highest BCUT2D eigenvalue weighted by Crippen LogP contribution is 2.21. The van der Waals surface area contributed by atoms with Gasteiger partial charge in [0, 0.05) is 30.0 Å². The van der Waals surface area contributed by atoms with Gasteiger partial charge < -0.3 is 25.4 Å². The minimum atomic E-state index is -1.02. The van der Waals surface area contributed by atoms with Gasteiger partial charge in [-0.1, -0.05) is 0 Å². The minimum absolute atomic E-state index is 0.150. The number of nitrogens with zero attached hydrogens (tertiary/aromatic N) is 4. The lowest BCUT2D eigenvalue weighted by molar-refractivity contribution is 0.0697. The fraction of sp³-hybridized carbons (Fsp3) is 0.227. The first-order valence-electron chi connectivity index (χ1n) is 10.0. The van der Waals surface area contributed by atoms with Gasteiger partial charge >= 0.3 is 12.0 Å². The van der Waals surface area contributed by atoms with Gasteiger partial charge in [-0.2, -0.15) is 9.97 Å². The van der Waals surface area contributed by atoms with Crippen LogP contribution in [0.4, 0.5) is 22.1 Å². The van der Waals surface area contributed by atoms with Crippen LogP contribution >= 0.6 is 0 Å². The molecule has 1 aliphatic rings. The Kier molecular flexibility index (Phi) is 6.22. The maximum Gasteiger partial charge on any atom is 0.335 e. The predicted molar refractivity (Wildman–Crippen MR) is 119 cm³/mol. The molecule has 2 aromatic carbocycles. The number of carboxylic acids is 1.